The number of aliphatic hydroxyl groups is 1. The highest BCUT2D eigenvalue weighted by Gasteiger charge is 2.41. The second kappa shape index (κ2) is 3.82. The molecule has 8 nitrogen and oxygen atoms in total. The molecule has 0 saturated heterocycles. The minimum Gasteiger partial charge on any atom is -0.465 e. The average molecular weight is 265 g/mol. The lowest BCUT2D eigenvalue weighted by atomic mass is 10.2. The van der Waals surface area contributed by atoms with E-state index in [9.17, 15) is 19.5 Å². The van der Waals surface area contributed by atoms with Crippen LogP contribution in [0.15, 0.2) is 16.9 Å². The Bertz CT molecular complexity index is 638. The SMILES string of the molecule is O=C(O)N1CC(=O)N2C[C@@H](CO)n3c2c1ccc3=O. The van der Waals surface area contributed by atoms with Crippen LogP contribution in [0.3, 0.4) is 0 Å². The van der Waals surface area contributed by atoms with Gasteiger partial charge in [0.15, 0.2) is 0 Å². The Kier molecular flexibility index (Phi) is 2.36. The number of anilines is 2. The van der Waals surface area contributed by atoms with Crippen molar-refractivity contribution >= 4 is 23.5 Å². The van der Waals surface area contributed by atoms with Crippen LogP contribution >= 0.6 is 0 Å². The van der Waals surface area contributed by atoms with Gasteiger partial charge in [0.25, 0.3) is 5.56 Å². The molecule has 0 aromatic carbocycles. The highest BCUT2D eigenvalue weighted by atomic mass is 16.4. The number of carbonyl (C=O) groups excluding carboxylic acids is 1. The lowest BCUT2D eigenvalue weighted by Gasteiger charge is -2.31. The van der Waals surface area contributed by atoms with Gasteiger partial charge in [-0.25, -0.2) is 4.79 Å². The lowest BCUT2D eigenvalue weighted by molar-refractivity contribution is -0.117. The van der Waals surface area contributed by atoms with Crippen LogP contribution in [-0.2, 0) is 4.79 Å². The lowest BCUT2D eigenvalue weighted by Crippen LogP contribution is -2.47. The summed E-state index contributed by atoms with van der Waals surface area (Å²) in [5, 5.41) is 18.4. The molecule has 19 heavy (non-hydrogen) atoms. The van der Waals surface area contributed by atoms with Gasteiger partial charge >= 0.3 is 6.09 Å². The maximum absolute atomic E-state index is 11.9. The highest BCUT2D eigenvalue weighted by Crippen LogP contribution is 2.38. The predicted molar refractivity (Wildman–Crippen MR) is 64.5 cm³/mol. The molecule has 1 aromatic heterocycles. The summed E-state index contributed by atoms with van der Waals surface area (Å²) in [4.78, 5) is 37.2. The summed E-state index contributed by atoms with van der Waals surface area (Å²) >= 11 is 0. The molecular formula is C11H11N3O5. The first kappa shape index (κ1) is 11.7. The van der Waals surface area contributed by atoms with E-state index in [0.29, 0.717) is 5.69 Å². The normalized spacial score (nSPS) is 20.7. The Morgan fingerprint density at radius 2 is 2.11 bits per heavy atom. The third-order valence-corrected chi connectivity index (χ3v) is 3.42. The molecule has 100 valence electrons. The fourth-order valence-electron chi connectivity index (χ4n) is 2.58. The number of amides is 2. The van der Waals surface area contributed by atoms with Crippen molar-refractivity contribution in [3.63, 3.8) is 0 Å². The van der Waals surface area contributed by atoms with Crippen molar-refractivity contribution in [1.29, 1.82) is 0 Å². The molecule has 0 spiro atoms. The zero-order valence-electron chi connectivity index (χ0n) is 9.81. The monoisotopic (exact) mass is 265 g/mol. The molecule has 0 aliphatic carbocycles. The molecule has 0 unspecified atom stereocenters. The Morgan fingerprint density at radius 3 is 2.74 bits per heavy atom. The van der Waals surface area contributed by atoms with Crippen molar-refractivity contribution in [1.82, 2.24) is 4.57 Å². The van der Waals surface area contributed by atoms with Gasteiger partial charge in [-0.2, -0.15) is 0 Å². The van der Waals surface area contributed by atoms with Crippen molar-refractivity contribution < 1.29 is 19.8 Å². The number of pyridine rings is 1. The van der Waals surface area contributed by atoms with E-state index in [0.717, 1.165) is 4.90 Å². The van der Waals surface area contributed by atoms with Crippen LogP contribution in [0.4, 0.5) is 16.3 Å². The molecule has 2 amide bonds. The zero-order chi connectivity index (χ0) is 13.7. The second-order valence-electron chi connectivity index (χ2n) is 4.46. The molecule has 1 atom stereocenters. The first-order chi connectivity index (χ1) is 9.04. The standard InChI is InChI=1S/C11H11N3O5/c15-5-6-3-13-9(17)4-12(11(18)19)7-1-2-8(16)14(6)10(7)13/h1-2,6,15H,3-5H2,(H,18,19)/t6-/m0/s1. The minimum atomic E-state index is -1.25. The Hall–Kier alpha value is -2.35. The summed E-state index contributed by atoms with van der Waals surface area (Å²) in [6, 6.07) is 2.11. The van der Waals surface area contributed by atoms with Gasteiger partial charge in [0.2, 0.25) is 5.91 Å². The van der Waals surface area contributed by atoms with Crippen molar-refractivity contribution in [2.75, 3.05) is 29.5 Å². The maximum atomic E-state index is 11.9. The molecule has 3 heterocycles. The van der Waals surface area contributed by atoms with E-state index in [1.165, 1.54) is 21.6 Å². The van der Waals surface area contributed by atoms with Gasteiger partial charge in [0.05, 0.1) is 24.9 Å². The molecule has 8 heteroatoms. The van der Waals surface area contributed by atoms with Crippen LogP contribution in [0.2, 0.25) is 0 Å². The number of carboxylic acid groups (broad SMARTS) is 1. The third-order valence-electron chi connectivity index (χ3n) is 3.42. The van der Waals surface area contributed by atoms with Crippen molar-refractivity contribution in [3.8, 4) is 0 Å². The van der Waals surface area contributed by atoms with Crippen LogP contribution < -0.4 is 15.4 Å². The third kappa shape index (κ3) is 1.46. The molecule has 1 aromatic rings. The van der Waals surface area contributed by atoms with Crippen LogP contribution in [0.25, 0.3) is 0 Å². The van der Waals surface area contributed by atoms with E-state index >= 15 is 0 Å². The number of hydrogen-bond donors (Lipinski definition) is 2. The van der Waals surface area contributed by atoms with Gasteiger partial charge < -0.3 is 10.2 Å². The number of aliphatic hydroxyl groups excluding tert-OH is 1. The summed E-state index contributed by atoms with van der Waals surface area (Å²) in [6.45, 7) is -0.374. The summed E-state index contributed by atoms with van der Waals surface area (Å²) in [5.41, 5.74) is -0.0667. The molecule has 0 fully saturated rings. The topological polar surface area (TPSA) is 103 Å². The van der Waals surface area contributed by atoms with E-state index in [4.69, 9.17) is 5.11 Å². The molecule has 0 saturated carbocycles. The predicted octanol–water partition coefficient (Wildman–Crippen LogP) is -0.774. The molecule has 2 aliphatic rings. The molecular weight excluding hydrogens is 254 g/mol. The van der Waals surface area contributed by atoms with Gasteiger partial charge in [-0.1, -0.05) is 0 Å². The number of aromatic nitrogens is 1. The van der Waals surface area contributed by atoms with E-state index in [2.05, 4.69) is 0 Å². The van der Waals surface area contributed by atoms with Gasteiger partial charge in [-0.05, 0) is 6.07 Å². The maximum Gasteiger partial charge on any atom is 0.412 e. The van der Waals surface area contributed by atoms with Crippen molar-refractivity contribution in [3.05, 3.63) is 22.5 Å². The van der Waals surface area contributed by atoms with E-state index < -0.39 is 18.0 Å². The fourth-order valence-corrected chi connectivity index (χ4v) is 2.58. The van der Waals surface area contributed by atoms with E-state index in [-0.39, 0.29) is 31.1 Å². The quantitative estimate of drug-likeness (QED) is 0.693. The molecule has 2 aliphatic heterocycles. The highest BCUT2D eigenvalue weighted by molar-refractivity contribution is 6.09. The van der Waals surface area contributed by atoms with Gasteiger partial charge in [-0.3, -0.25) is 24.0 Å². The Labute approximate surface area is 107 Å². The zero-order valence-corrected chi connectivity index (χ0v) is 9.81. The van der Waals surface area contributed by atoms with Gasteiger partial charge in [0, 0.05) is 6.07 Å². The molecule has 3 rings (SSSR count). The van der Waals surface area contributed by atoms with Crippen molar-refractivity contribution in [2.24, 2.45) is 0 Å². The number of rotatable bonds is 1. The van der Waals surface area contributed by atoms with Gasteiger partial charge in [0.1, 0.15) is 12.4 Å². The fraction of sp³-hybridized carbons (Fsp3) is 0.364. The number of nitrogens with zero attached hydrogens (tertiary/aromatic N) is 3. The van der Waals surface area contributed by atoms with Crippen LogP contribution in [0.1, 0.15) is 6.04 Å². The van der Waals surface area contributed by atoms with Crippen LogP contribution in [-0.4, -0.2) is 46.5 Å². The molecule has 2 N–H and O–H groups in total. The average Bonchev–Trinajstić information content (AvgIpc) is 2.77. The Morgan fingerprint density at radius 1 is 1.37 bits per heavy atom. The van der Waals surface area contributed by atoms with Crippen LogP contribution in [0, 0.1) is 0 Å². The second-order valence-corrected chi connectivity index (χ2v) is 4.46. The summed E-state index contributed by atoms with van der Waals surface area (Å²) in [7, 11) is 0. The number of hydrogen-bond acceptors (Lipinski definition) is 4. The van der Waals surface area contributed by atoms with Crippen LogP contribution in [0.5, 0.6) is 0 Å². The smallest absolute Gasteiger partial charge is 0.412 e. The van der Waals surface area contributed by atoms with Crippen molar-refractivity contribution in [2.45, 2.75) is 6.04 Å². The van der Waals surface area contributed by atoms with Gasteiger partial charge in [-0.15, -0.1) is 0 Å². The first-order valence-electron chi connectivity index (χ1n) is 5.72. The summed E-state index contributed by atoms with van der Waals surface area (Å²) in [6.07, 6.45) is -1.25. The largest absolute Gasteiger partial charge is 0.465 e. The van der Waals surface area contributed by atoms with E-state index in [1.807, 2.05) is 0 Å². The summed E-state index contributed by atoms with van der Waals surface area (Å²) in [5.74, 6) is -0.143. The molecule has 0 bridgehead atoms. The Balaban J connectivity index is 2.27. The number of carbonyl (C=O) groups is 2. The van der Waals surface area contributed by atoms with E-state index in [1.54, 1.807) is 0 Å². The minimum absolute atomic E-state index is 0.190. The first-order valence-corrected chi connectivity index (χ1v) is 5.72. The molecule has 0 radical (unpaired) electrons. The summed E-state index contributed by atoms with van der Waals surface area (Å²) < 4.78 is 1.28.